The van der Waals surface area contributed by atoms with E-state index in [1.165, 1.54) is 11.3 Å². The lowest BCUT2D eigenvalue weighted by molar-refractivity contribution is -0.158. The lowest BCUT2D eigenvalue weighted by Crippen LogP contribution is -2.59. The zero-order valence-electron chi connectivity index (χ0n) is 20.8. The van der Waals surface area contributed by atoms with Crippen LogP contribution >= 0.6 is 11.3 Å². The first-order valence-corrected chi connectivity index (χ1v) is 13.1. The van der Waals surface area contributed by atoms with E-state index in [2.05, 4.69) is 31.4 Å². The third-order valence-electron chi connectivity index (χ3n) is 7.17. The average Bonchev–Trinajstić information content (AvgIpc) is 3.41. The third kappa shape index (κ3) is 5.43. The highest BCUT2D eigenvalue weighted by atomic mass is 32.1. The van der Waals surface area contributed by atoms with E-state index in [9.17, 15) is 19.5 Å². The molecule has 0 bridgehead atoms. The number of thiophene rings is 1. The summed E-state index contributed by atoms with van der Waals surface area (Å²) < 4.78 is 0. The van der Waals surface area contributed by atoms with Crippen molar-refractivity contribution in [2.45, 2.75) is 77.0 Å². The van der Waals surface area contributed by atoms with Gasteiger partial charge in [0, 0.05) is 24.2 Å². The van der Waals surface area contributed by atoms with Gasteiger partial charge in [-0.25, -0.2) is 0 Å². The maximum absolute atomic E-state index is 13.3. The van der Waals surface area contributed by atoms with Gasteiger partial charge in [0.05, 0.1) is 10.3 Å². The number of carboxylic acid groups (broad SMARTS) is 1. The van der Waals surface area contributed by atoms with Crippen LogP contribution in [0.15, 0.2) is 41.8 Å². The normalized spacial score (nSPS) is 27.1. The molecule has 3 N–H and O–H groups in total. The number of aliphatic carboxylic acids is 1. The molecule has 0 unspecified atom stereocenters. The number of nitrogens with one attached hydrogen (secondary N) is 2. The van der Waals surface area contributed by atoms with E-state index in [4.69, 9.17) is 0 Å². The minimum Gasteiger partial charge on any atom is -0.481 e. The molecule has 4 atom stereocenters. The Balaban J connectivity index is 1.43. The summed E-state index contributed by atoms with van der Waals surface area (Å²) in [4.78, 5) is 40.9. The Morgan fingerprint density at radius 1 is 1.11 bits per heavy atom. The molecule has 2 heterocycles. The van der Waals surface area contributed by atoms with Crippen molar-refractivity contribution >= 4 is 29.1 Å². The summed E-state index contributed by atoms with van der Waals surface area (Å²) >= 11 is 1.35. The van der Waals surface area contributed by atoms with Crippen molar-refractivity contribution < 1.29 is 19.5 Å². The topological polar surface area (TPSA) is 98.7 Å². The molecular formula is C27H35N3O4S. The summed E-state index contributed by atoms with van der Waals surface area (Å²) in [6.45, 7) is 8.43. The first kappa shape index (κ1) is 25.4. The molecule has 35 heavy (non-hydrogen) atoms. The molecular weight excluding hydrogens is 462 g/mol. The van der Waals surface area contributed by atoms with E-state index in [-0.39, 0.29) is 29.4 Å². The van der Waals surface area contributed by atoms with E-state index in [1.54, 1.807) is 11.8 Å². The first-order valence-electron chi connectivity index (χ1n) is 12.2. The maximum Gasteiger partial charge on any atom is 0.311 e. The van der Waals surface area contributed by atoms with Crippen molar-refractivity contribution in [3.63, 3.8) is 0 Å². The largest absolute Gasteiger partial charge is 0.481 e. The fourth-order valence-electron chi connectivity index (χ4n) is 5.50. The molecule has 1 aliphatic heterocycles. The number of benzene rings is 1. The molecule has 1 saturated carbocycles. The van der Waals surface area contributed by atoms with E-state index in [0.29, 0.717) is 30.7 Å². The van der Waals surface area contributed by atoms with Gasteiger partial charge in [0.25, 0.3) is 5.91 Å². The number of carbonyl (C=O) groups excluding carboxylic acids is 2. The number of amides is 2. The van der Waals surface area contributed by atoms with Crippen molar-refractivity contribution in [1.29, 1.82) is 0 Å². The number of likely N-dealkylation sites (tertiary alicyclic amines) is 1. The van der Waals surface area contributed by atoms with Gasteiger partial charge >= 0.3 is 5.97 Å². The van der Waals surface area contributed by atoms with Crippen molar-refractivity contribution in [3.05, 3.63) is 46.7 Å². The number of hydrogen-bond acceptors (Lipinski definition) is 5. The molecule has 1 saturated heterocycles. The summed E-state index contributed by atoms with van der Waals surface area (Å²) in [6.07, 6.45) is 2.37. The van der Waals surface area contributed by atoms with Crippen molar-refractivity contribution in [2.75, 3.05) is 6.54 Å². The van der Waals surface area contributed by atoms with Crippen LogP contribution in [0.25, 0.3) is 11.1 Å². The molecule has 2 aliphatic rings. The second-order valence-electron chi connectivity index (χ2n) is 11.0. The van der Waals surface area contributed by atoms with Crippen LogP contribution in [0, 0.1) is 5.41 Å². The maximum atomic E-state index is 13.3. The Labute approximate surface area is 210 Å². The predicted octanol–water partition coefficient (Wildman–Crippen LogP) is 4.15. The monoisotopic (exact) mass is 497 g/mol. The molecule has 4 rings (SSSR count). The molecule has 1 aliphatic carbocycles. The van der Waals surface area contributed by atoms with E-state index in [0.717, 1.165) is 17.5 Å². The number of hydrogen-bond donors (Lipinski definition) is 3. The Kier molecular flexibility index (Phi) is 7.06. The van der Waals surface area contributed by atoms with Gasteiger partial charge in [-0.15, -0.1) is 11.3 Å². The van der Waals surface area contributed by atoms with Crippen molar-refractivity contribution in [3.8, 4) is 11.1 Å². The standard InChI is InChI=1S/C27H35N3O4S/c1-26(2,3)29-19-10-11-22(27(4,15-19)25(33)34)30-13-12-20(24(30)32)28-23(31)21-14-18(16-35-21)17-8-6-5-7-9-17/h5-9,14,16,19-20,22,29H,10-13,15H2,1-4H3,(H,28,31)(H,33,34)/t19-,20+,22+,27-/m1/s1. The predicted molar refractivity (Wildman–Crippen MR) is 137 cm³/mol. The highest BCUT2D eigenvalue weighted by Crippen LogP contribution is 2.41. The summed E-state index contributed by atoms with van der Waals surface area (Å²) in [6, 6.07) is 10.7. The van der Waals surface area contributed by atoms with Crippen LogP contribution in [0.1, 0.15) is 63.0 Å². The fraction of sp³-hybridized carbons (Fsp3) is 0.519. The van der Waals surface area contributed by atoms with Gasteiger partial charge in [-0.1, -0.05) is 30.3 Å². The molecule has 7 nitrogen and oxygen atoms in total. The lowest BCUT2D eigenvalue weighted by atomic mass is 9.68. The highest BCUT2D eigenvalue weighted by Gasteiger charge is 2.52. The fourth-order valence-corrected chi connectivity index (χ4v) is 6.32. The number of rotatable bonds is 6. The van der Waals surface area contributed by atoms with Gasteiger partial charge in [0.1, 0.15) is 6.04 Å². The Morgan fingerprint density at radius 2 is 1.83 bits per heavy atom. The third-order valence-corrected chi connectivity index (χ3v) is 8.10. The minimum absolute atomic E-state index is 0.0817. The summed E-state index contributed by atoms with van der Waals surface area (Å²) in [5, 5.41) is 18.5. The molecule has 0 radical (unpaired) electrons. The first-order chi connectivity index (χ1) is 16.5. The Bertz CT molecular complexity index is 1090. The van der Waals surface area contributed by atoms with E-state index in [1.807, 2.05) is 41.8 Å². The lowest BCUT2D eigenvalue weighted by Gasteiger charge is -2.47. The molecule has 2 aromatic rings. The second kappa shape index (κ2) is 9.74. The SMILES string of the molecule is CC(C)(C)N[C@@H]1CC[C@H](N2CC[C@H](NC(=O)c3cc(-c4ccccc4)cs3)C2=O)[C@](C)(C(=O)O)C1. The number of carboxylic acids is 1. The van der Waals surface area contributed by atoms with Gasteiger partial charge in [-0.05, 0) is 76.0 Å². The molecule has 1 aromatic heterocycles. The zero-order chi connectivity index (χ0) is 25.4. The zero-order valence-corrected chi connectivity index (χ0v) is 21.7. The van der Waals surface area contributed by atoms with E-state index >= 15 is 0 Å². The number of nitrogens with zero attached hydrogens (tertiary/aromatic N) is 1. The van der Waals surface area contributed by atoms with Crippen LogP contribution in [0.4, 0.5) is 0 Å². The van der Waals surface area contributed by atoms with Crippen LogP contribution in [-0.2, 0) is 9.59 Å². The summed E-state index contributed by atoms with van der Waals surface area (Å²) in [5.74, 6) is -1.33. The Morgan fingerprint density at radius 3 is 2.49 bits per heavy atom. The van der Waals surface area contributed by atoms with Gasteiger partial charge in [0.15, 0.2) is 0 Å². The van der Waals surface area contributed by atoms with Crippen LogP contribution in [0.2, 0.25) is 0 Å². The average molecular weight is 498 g/mol. The van der Waals surface area contributed by atoms with Gasteiger partial charge in [-0.3, -0.25) is 14.4 Å². The summed E-state index contributed by atoms with van der Waals surface area (Å²) in [5.41, 5.74) is 0.847. The van der Waals surface area contributed by atoms with Crippen molar-refractivity contribution in [2.24, 2.45) is 5.41 Å². The molecule has 0 spiro atoms. The quantitative estimate of drug-likeness (QED) is 0.557. The molecule has 8 heteroatoms. The Hall–Kier alpha value is -2.71. The molecule has 188 valence electrons. The van der Waals surface area contributed by atoms with Crippen LogP contribution in [0.5, 0.6) is 0 Å². The van der Waals surface area contributed by atoms with Crippen LogP contribution < -0.4 is 10.6 Å². The minimum atomic E-state index is -1.05. The highest BCUT2D eigenvalue weighted by molar-refractivity contribution is 7.12. The van der Waals surface area contributed by atoms with Crippen LogP contribution in [-0.4, -0.2) is 58.0 Å². The van der Waals surface area contributed by atoms with Crippen LogP contribution in [0.3, 0.4) is 0 Å². The van der Waals surface area contributed by atoms with Gasteiger partial charge < -0.3 is 20.6 Å². The summed E-state index contributed by atoms with van der Waals surface area (Å²) in [7, 11) is 0. The van der Waals surface area contributed by atoms with E-state index < -0.39 is 17.4 Å². The molecule has 2 amide bonds. The smallest absolute Gasteiger partial charge is 0.311 e. The van der Waals surface area contributed by atoms with Crippen molar-refractivity contribution in [1.82, 2.24) is 15.5 Å². The molecule has 1 aromatic carbocycles. The molecule has 2 fully saturated rings. The number of carbonyl (C=O) groups is 3. The second-order valence-corrected chi connectivity index (χ2v) is 11.9. The van der Waals surface area contributed by atoms with Gasteiger partial charge in [-0.2, -0.15) is 0 Å². The van der Waals surface area contributed by atoms with Gasteiger partial charge in [0.2, 0.25) is 5.91 Å².